The Kier molecular flexibility index (Phi) is 7.53. The van der Waals surface area contributed by atoms with Crippen molar-refractivity contribution in [3.63, 3.8) is 0 Å². The molecular weight excluding hydrogens is 312 g/mol. The lowest BCUT2D eigenvalue weighted by atomic mass is 10.3. The molecule has 1 aromatic heterocycles. The molecule has 0 radical (unpaired) electrons. The van der Waals surface area contributed by atoms with Crippen LogP contribution in [-0.4, -0.2) is 44.9 Å². The van der Waals surface area contributed by atoms with E-state index in [0.29, 0.717) is 10.8 Å². The van der Waals surface area contributed by atoms with Crippen molar-refractivity contribution in [1.29, 1.82) is 0 Å². The SMILES string of the molecule is CCCNCc1sc(S(=O)(=O)N(C)CCSC)cc1C. The minimum absolute atomic E-state index is 0.451. The second-order valence-electron chi connectivity index (χ2n) is 4.67. The summed E-state index contributed by atoms with van der Waals surface area (Å²) in [6.45, 7) is 6.33. The molecule has 20 heavy (non-hydrogen) atoms. The van der Waals surface area contributed by atoms with Crippen LogP contribution in [0.3, 0.4) is 0 Å². The molecule has 1 rings (SSSR count). The van der Waals surface area contributed by atoms with Crippen molar-refractivity contribution in [3.05, 3.63) is 16.5 Å². The van der Waals surface area contributed by atoms with Gasteiger partial charge in [0.1, 0.15) is 4.21 Å². The van der Waals surface area contributed by atoms with Crippen molar-refractivity contribution < 1.29 is 8.42 Å². The highest BCUT2D eigenvalue weighted by atomic mass is 32.2. The highest BCUT2D eigenvalue weighted by molar-refractivity contribution is 7.98. The van der Waals surface area contributed by atoms with Gasteiger partial charge in [0.2, 0.25) is 0 Å². The number of hydrogen-bond acceptors (Lipinski definition) is 5. The number of rotatable bonds is 9. The first-order valence-electron chi connectivity index (χ1n) is 6.68. The zero-order valence-corrected chi connectivity index (χ0v) is 15.1. The number of thioether (sulfide) groups is 1. The lowest BCUT2D eigenvalue weighted by molar-refractivity contribution is 0.490. The van der Waals surface area contributed by atoms with Crippen molar-refractivity contribution in [2.45, 2.75) is 31.0 Å². The summed E-state index contributed by atoms with van der Waals surface area (Å²) in [5.41, 5.74) is 1.05. The lowest BCUT2D eigenvalue weighted by Gasteiger charge is -2.14. The van der Waals surface area contributed by atoms with Crippen LogP contribution in [0, 0.1) is 6.92 Å². The standard InChI is InChI=1S/C13H24N2O2S3/c1-5-6-14-10-12-11(2)9-13(19-12)20(16,17)15(3)7-8-18-4/h9,14H,5-8,10H2,1-4H3. The average molecular weight is 337 g/mol. The Morgan fingerprint density at radius 2 is 2.15 bits per heavy atom. The smallest absolute Gasteiger partial charge is 0.252 e. The molecule has 0 aliphatic rings. The predicted octanol–water partition coefficient (Wildman–Crippen LogP) is 2.54. The summed E-state index contributed by atoms with van der Waals surface area (Å²) >= 11 is 3.03. The third-order valence-corrected chi connectivity index (χ3v) is 7.12. The fourth-order valence-electron chi connectivity index (χ4n) is 1.66. The fourth-order valence-corrected chi connectivity index (χ4v) is 5.18. The average Bonchev–Trinajstić information content (AvgIpc) is 2.78. The zero-order valence-electron chi connectivity index (χ0n) is 12.6. The maximum Gasteiger partial charge on any atom is 0.252 e. The quantitative estimate of drug-likeness (QED) is 0.704. The Hall–Kier alpha value is -0.0800. The molecule has 116 valence electrons. The molecule has 0 amide bonds. The number of hydrogen-bond donors (Lipinski definition) is 1. The number of nitrogens with zero attached hydrogens (tertiary/aromatic N) is 1. The van der Waals surface area contributed by atoms with Crippen LogP contribution in [0.5, 0.6) is 0 Å². The van der Waals surface area contributed by atoms with Crippen molar-refractivity contribution >= 4 is 33.1 Å². The van der Waals surface area contributed by atoms with Crippen LogP contribution in [-0.2, 0) is 16.6 Å². The van der Waals surface area contributed by atoms with Gasteiger partial charge in [-0.2, -0.15) is 16.1 Å². The van der Waals surface area contributed by atoms with E-state index in [4.69, 9.17) is 0 Å². The third-order valence-electron chi connectivity index (χ3n) is 2.99. The van der Waals surface area contributed by atoms with Crippen LogP contribution in [0.4, 0.5) is 0 Å². The normalized spacial score (nSPS) is 12.2. The first-order chi connectivity index (χ1) is 9.43. The van der Waals surface area contributed by atoms with Crippen molar-refractivity contribution in [3.8, 4) is 0 Å². The van der Waals surface area contributed by atoms with E-state index < -0.39 is 10.0 Å². The van der Waals surface area contributed by atoms with Gasteiger partial charge >= 0.3 is 0 Å². The Balaban J connectivity index is 2.82. The van der Waals surface area contributed by atoms with Gasteiger partial charge in [-0.25, -0.2) is 8.42 Å². The monoisotopic (exact) mass is 336 g/mol. The first kappa shape index (κ1) is 18.0. The molecule has 1 heterocycles. The molecule has 4 nitrogen and oxygen atoms in total. The molecule has 1 N–H and O–H groups in total. The highest BCUT2D eigenvalue weighted by Crippen LogP contribution is 2.28. The molecule has 0 aliphatic carbocycles. The van der Waals surface area contributed by atoms with Crippen molar-refractivity contribution in [2.75, 3.05) is 32.1 Å². The van der Waals surface area contributed by atoms with Crippen LogP contribution in [0.25, 0.3) is 0 Å². The van der Waals surface area contributed by atoms with Gasteiger partial charge in [0, 0.05) is 30.8 Å². The van der Waals surface area contributed by atoms with Crippen LogP contribution >= 0.6 is 23.1 Å². The van der Waals surface area contributed by atoms with Crippen LogP contribution in [0.2, 0.25) is 0 Å². The molecule has 0 saturated carbocycles. The van der Waals surface area contributed by atoms with Gasteiger partial charge in [-0.3, -0.25) is 0 Å². The number of sulfonamides is 1. The first-order valence-corrected chi connectivity index (χ1v) is 10.3. The summed E-state index contributed by atoms with van der Waals surface area (Å²) in [4.78, 5) is 1.11. The topological polar surface area (TPSA) is 49.4 Å². The Labute approximate surface area is 131 Å². The van der Waals surface area contributed by atoms with Gasteiger partial charge in [0.15, 0.2) is 0 Å². The van der Waals surface area contributed by atoms with E-state index >= 15 is 0 Å². The number of aryl methyl sites for hydroxylation is 1. The Morgan fingerprint density at radius 3 is 2.75 bits per heavy atom. The van der Waals surface area contributed by atoms with Gasteiger partial charge in [-0.1, -0.05) is 6.92 Å². The van der Waals surface area contributed by atoms with E-state index in [1.54, 1.807) is 24.9 Å². The molecule has 0 bridgehead atoms. The third kappa shape index (κ3) is 4.73. The summed E-state index contributed by atoms with van der Waals surface area (Å²) in [6, 6.07) is 1.79. The summed E-state index contributed by atoms with van der Waals surface area (Å²) in [5, 5.41) is 3.32. The molecule has 0 fully saturated rings. The van der Waals surface area contributed by atoms with Gasteiger partial charge < -0.3 is 5.32 Å². The molecule has 0 atom stereocenters. The van der Waals surface area contributed by atoms with Crippen LogP contribution in [0.1, 0.15) is 23.8 Å². The van der Waals surface area contributed by atoms with Gasteiger partial charge in [-0.15, -0.1) is 11.3 Å². The highest BCUT2D eigenvalue weighted by Gasteiger charge is 2.23. The Bertz CT molecular complexity index is 512. The molecule has 1 aromatic rings. The molecule has 0 spiro atoms. The van der Waals surface area contributed by atoms with E-state index in [9.17, 15) is 8.42 Å². The van der Waals surface area contributed by atoms with Crippen LogP contribution in [0.15, 0.2) is 10.3 Å². The van der Waals surface area contributed by atoms with Gasteiger partial charge in [0.25, 0.3) is 10.0 Å². The number of nitrogens with one attached hydrogen (secondary N) is 1. The van der Waals surface area contributed by atoms with E-state index in [1.165, 1.54) is 15.6 Å². The van der Waals surface area contributed by atoms with E-state index in [0.717, 1.165) is 35.7 Å². The summed E-state index contributed by atoms with van der Waals surface area (Å²) in [5.74, 6) is 0.811. The summed E-state index contributed by atoms with van der Waals surface area (Å²) in [6.07, 6.45) is 3.06. The van der Waals surface area contributed by atoms with E-state index in [1.807, 2.05) is 13.2 Å². The van der Waals surface area contributed by atoms with E-state index in [-0.39, 0.29) is 0 Å². The Morgan fingerprint density at radius 1 is 1.45 bits per heavy atom. The van der Waals surface area contributed by atoms with Crippen molar-refractivity contribution in [2.24, 2.45) is 0 Å². The molecule has 0 aliphatic heterocycles. The van der Waals surface area contributed by atoms with Crippen LogP contribution < -0.4 is 5.32 Å². The molecule has 0 unspecified atom stereocenters. The second kappa shape index (κ2) is 8.38. The maximum atomic E-state index is 12.4. The molecule has 7 heteroatoms. The van der Waals surface area contributed by atoms with E-state index in [2.05, 4.69) is 12.2 Å². The molecule has 0 aromatic carbocycles. The minimum atomic E-state index is -3.33. The minimum Gasteiger partial charge on any atom is -0.312 e. The maximum absolute atomic E-state index is 12.4. The second-order valence-corrected chi connectivity index (χ2v) is 9.06. The largest absolute Gasteiger partial charge is 0.312 e. The molecular formula is C13H24N2O2S3. The van der Waals surface area contributed by atoms with Gasteiger partial charge in [0.05, 0.1) is 0 Å². The lowest BCUT2D eigenvalue weighted by Crippen LogP contribution is -2.28. The zero-order chi connectivity index (χ0) is 15.2. The molecule has 0 saturated heterocycles. The fraction of sp³-hybridized carbons (Fsp3) is 0.692. The number of thiophene rings is 1. The predicted molar refractivity (Wildman–Crippen MR) is 89.3 cm³/mol. The van der Waals surface area contributed by atoms with Gasteiger partial charge in [-0.05, 0) is 37.8 Å². The van der Waals surface area contributed by atoms with Crippen molar-refractivity contribution in [1.82, 2.24) is 9.62 Å². The summed E-state index contributed by atoms with van der Waals surface area (Å²) < 4.78 is 26.8. The summed E-state index contributed by atoms with van der Waals surface area (Å²) in [7, 11) is -1.68.